The first-order chi connectivity index (χ1) is 17.2. The van der Waals surface area contributed by atoms with Crippen molar-refractivity contribution in [1.29, 1.82) is 0 Å². The van der Waals surface area contributed by atoms with Gasteiger partial charge >= 0.3 is 0 Å². The highest BCUT2D eigenvalue weighted by molar-refractivity contribution is 7.89. The summed E-state index contributed by atoms with van der Waals surface area (Å²) in [5.74, 6) is -0.169. The molecule has 0 bridgehead atoms. The highest BCUT2D eigenvalue weighted by atomic mass is 32.2. The summed E-state index contributed by atoms with van der Waals surface area (Å²) in [6.45, 7) is 5.01. The molecule has 3 heterocycles. The molecule has 2 atom stereocenters. The van der Waals surface area contributed by atoms with Crippen LogP contribution in [-0.2, 0) is 21.4 Å². The van der Waals surface area contributed by atoms with Gasteiger partial charge in [-0.1, -0.05) is 50.6 Å². The Bertz CT molecular complexity index is 1370. The molecule has 1 aromatic heterocycles. The number of carbonyl (C=O) groups excluding carboxylic acids is 1. The van der Waals surface area contributed by atoms with E-state index in [-0.39, 0.29) is 41.7 Å². The number of fused-ring (bicyclic) bond motifs is 1. The molecule has 2 saturated heterocycles. The molecule has 5 rings (SSSR count). The van der Waals surface area contributed by atoms with Crippen molar-refractivity contribution >= 4 is 26.8 Å². The first-order valence-electron chi connectivity index (χ1n) is 12.4. The molecular formula is C27H31FN4O3S. The average molecular weight is 511 g/mol. The minimum absolute atomic E-state index is 0.0169. The molecule has 2 fully saturated rings. The summed E-state index contributed by atoms with van der Waals surface area (Å²) in [5, 5.41) is 4.37. The van der Waals surface area contributed by atoms with Gasteiger partial charge in [-0.15, -0.1) is 0 Å². The second-order valence-electron chi connectivity index (χ2n) is 9.83. The second-order valence-corrected chi connectivity index (χ2v) is 11.7. The zero-order chi connectivity index (χ0) is 25.5. The number of pyridine rings is 1. The fraction of sp³-hybridized carbons (Fsp3) is 0.407. The van der Waals surface area contributed by atoms with Crippen LogP contribution in [0.5, 0.6) is 0 Å². The SMILES string of the molecule is CC[C@@H](C)[C@@H]1NC2(CCN(S(=O)(=O)c3cccc4cccnc34)CC2)N(Cc2ccc(F)cc2)C1=O. The standard InChI is InChI=1S/C27H31FN4O3S/c1-3-19(2)24-26(33)32(18-20-9-11-22(28)12-10-20)27(30-24)13-16-31(17-14-27)36(34,35)23-8-4-6-21-7-5-15-29-25(21)23/h4-12,15,19,24,30H,3,13-14,16-18H2,1-2H3/t19-,24+/m1/s1. The first-order valence-corrected chi connectivity index (χ1v) is 13.9. The van der Waals surface area contributed by atoms with Gasteiger partial charge in [0, 0.05) is 31.2 Å². The third kappa shape index (κ3) is 4.29. The lowest BCUT2D eigenvalue weighted by molar-refractivity contribution is -0.134. The van der Waals surface area contributed by atoms with Gasteiger partial charge in [0.05, 0.1) is 17.2 Å². The number of halogens is 1. The van der Waals surface area contributed by atoms with Gasteiger partial charge in [0.2, 0.25) is 15.9 Å². The minimum Gasteiger partial charge on any atom is -0.319 e. The van der Waals surface area contributed by atoms with Crippen LogP contribution in [0.4, 0.5) is 4.39 Å². The Labute approximate surface area is 211 Å². The van der Waals surface area contributed by atoms with E-state index >= 15 is 0 Å². The van der Waals surface area contributed by atoms with E-state index < -0.39 is 15.7 Å². The lowest BCUT2D eigenvalue weighted by atomic mass is 9.96. The minimum atomic E-state index is -3.77. The Morgan fingerprint density at radius 1 is 1.11 bits per heavy atom. The zero-order valence-electron chi connectivity index (χ0n) is 20.5. The van der Waals surface area contributed by atoms with Crippen molar-refractivity contribution in [1.82, 2.24) is 19.5 Å². The summed E-state index contributed by atoms with van der Waals surface area (Å²) >= 11 is 0. The molecule has 1 N–H and O–H groups in total. The molecule has 7 nitrogen and oxygen atoms in total. The molecule has 190 valence electrons. The molecular weight excluding hydrogens is 479 g/mol. The molecule has 3 aromatic rings. The third-order valence-electron chi connectivity index (χ3n) is 7.70. The van der Waals surface area contributed by atoms with Crippen LogP contribution in [0, 0.1) is 11.7 Å². The lowest BCUT2D eigenvalue weighted by Crippen LogP contribution is -2.59. The predicted molar refractivity (Wildman–Crippen MR) is 136 cm³/mol. The van der Waals surface area contributed by atoms with Gasteiger partial charge in [0.15, 0.2) is 0 Å². The zero-order valence-corrected chi connectivity index (χ0v) is 21.3. The van der Waals surface area contributed by atoms with Crippen LogP contribution in [-0.4, -0.2) is 53.3 Å². The van der Waals surface area contributed by atoms with E-state index in [1.54, 1.807) is 36.5 Å². The number of nitrogens with zero attached hydrogens (tertiary/aromatic N) is 3. The van der Waals surface area contributed by atoms with E-state index in [2.05, 4.69) is 24.1 Å². The Balaban J connectivity index is 1.42. The summed E-state index contributed by atoms with van der Waals surface area (Å²) in [5.41, 5.74) is 0.652. The number of rotatable bonds is 6. The Morgan fingerprint density at radius 2 is 1.81 bits per heavy atom. The van der Waals surface area contributed by atoms with Gasteiger partial charge in [-0.05, 0) is 48.6 Å². The van der Waals surface area contributed by atoms with Crippen LogP contribution >= 0.6 is 0 Å². The number of carbonyl (C=O) groups is 1. The van der Waals surface area contributed by atoms with Crippen molar-refractivity contribution < 1.29 is 17.6 Å². The van der Waals surface area contributed by atoms with Crippen LogP contribution in [0.3, 0.4) is 0 Å². The van der Waals surface area contributed by atoms with E-state index in [1.165, 1.54) is 16.4 Å². The fourth-order valence-electron chi connectivity index (χ4n) is 5.37. The van der Waals surface area contributed by atoms with E-state index in [4.69, 9.17) is 0 Å². The van der Waals surface area contributed by atoms with E-state index in [0.29, 0.717) is 24.9 Å². The van der Waals surface area contributed by atoms with Crippen molar-refractivity contribution in [3.63, 3.8) is 0 Å². The maximum absolute atomic E-state index is 13.6. The Hall–Kier alpha value is -2.88. The number of hydrogen-bond donors (Lipinski definition) is 1. The molecule has 0 saturated carbocycles. The Morgan fingerprint density at radius 3 is 2.50 bits per heavy atom. The van der Waals surface area contributed by atoms with Crippen molar-refractivity contribution in [3.8, 4) is 0 Å². The van der Waals surface area contributed by atoms with Gasteiger partial charge in [-0.25, -0.2) is 12.8 Å². The number of sulfonamides is 1. The summed E-state index contributed by atoms with van der Waals surface area (Å²) in [6, 6.07) is 14.7. The number of piperidine rings is 1. The molecule has 0 unspecified atom stereocenters. The van der Waals surface area contributed by atoms with E-state index in [9.17, 15) is 17.6 Å². The number of benzene rings is 2. The predicted octanol–water partition coefficient (Wildman–Crippen LogP) is 3.90. The van der Waals surface area contributed by atoms with Gasteiger partial charge in [-0.3, -0.25) is 15.1 Å². The number of hydrogen-bond acceptors (Lipinski definition) is 5. The number of nitrogens with one attached hydrogen (secondary N) is 1. The summed E-state index contributed by atoms with van der Waals surface area (Å²) < 4.78 is 42.3. The van der Waals surface area contributed by atoms with Crippen molar-refractivity contribution in [3.05, 3.63) is 72.2 Å². The maximum atomic E-state index is 13.6. The van der Waals surface area contributed by atoms with Gasteiger partial charge in [0.25, 0.3) is 0 Å². The molecule has 2 aromatic carbocycles. The van der Waals surface area contributed by atoms with Gasteiger partial charge in [0.1, 0.15) is 10.7 Å². The molecule has 2 aliphatic rings. The largest absolute Gasteiger partial charge is 0.319 e. The molecule has 0 aliphatic carbocycles. The van der Waals surface area contributed by atoms with Crippen LogP contribution in [0.2, 0.25) is 0 Å². The van der Waals surface area contributed by atoms with Crippen molar-refractivity contribution in [2.24, 2.45) is 5.92 Å². The number of para-hydroxylation sites is 1. The van der Waals surface area contributed by atoms with Crippen LogP contribution < -0.4 is 5.32 Å². The van der Waals surface area contributed by atoms with Crippen LogP contribution in [0.15, 0.2) is 65.7 Å². The van der Waals surface area contributed by atoms with Crippen LogP contribution in [0.1, 0.15) is 38.7 Å². The molecule has 1 spiro atoms. The van der Waals surface area contributed by atoms with Gasteiger partial charge < -0.3 is 4.90 Å². The summed E-state index contributed by atoms with van der Waals surface area (Å²) in [6.07, 6.45) is 3.37. The third-order valence-corrected chi connectivity index (χ3v) is 9.63. The van der Waals surface area contributed by atoms with Crippen LogP contribution in [0.25, 0.3) is 10.9 Å². The Kier molecular flexibility index (Phi) is 6.57. The monoisotopic (exact) mass is 510 g/mol. The first kappa shape index (κ1) is 24.8. The fourth-order valence-corrected chi connectivity index (χ4v) is 6.97. The van der Waals surface area contributed by atoms with Crippen molar-refractivity contribution in [2.75, 3.05) is 13.1 Å². The average Bonchev–Trinajstić information content (AvgIpc) is 3.15. The smallest absolute Gasteiger partial charge is 0.245 e. The topological polar surface area (TPSA) is 82.6 Å². The molecule has 1 amide bonds. The maximum Gasteiger partial charge on any atom is 0.245 e. The highest BCUT2D eigenvalue weighted by Gasteiger charge is 2.53. The molecule has 9 heteroatoms. The normalized spacial score (nSPS) is 21.4. The summed E-state index contributed by atoms with van der Waals surface area (Å²) in [4.78, 5) is 19.9. The molecule has 36 heavy (non-hydrogen) atoms. The number of amides is 1. The summed E-state index contributed by atoms with van der Waals surface area (Å²) in [7, 11) is -3.77. The molecule has 2 aliphatic heterocycles. The molecule has 0 radical (unpaired) electrons. The lowest BCUT2D eigenvalue weighted by Gasteiger charge is -2.44. The van der Waals surface area contributed by atoms with E-state index in [1.807, 2.05) is 17.0 Å². The van der Waals surface area contributed by atoms with E-state index in [0.717, 1.165) is 17.4 Å². The highest BCUT2D eigenvalue weighted by Crippen LogP contribution is 2.38. The van der Waals surface area contributed by atoms with Crippen molar-refractivity contribution in [2.45, 2.75) is 56.3 Å². The van der Waals surface area contributed by atoms with Gasteiger partial charge in [-0.2, -0.15) is 4.31 Å². The number of aromatic nitrogens is 1. The quantitative estimate of drug-likeness (QED) is 0.544. The second kappa shape index (κ2) is 9.53.